The fourth-order valence-corrected chi connectivity index (χ4v) is 2.17. The maximum Gasteiger partial charge on any atom is 0.129 e. The van der Waals surface area contributed by atoms with Crippen LogP contribution in [0, 0.1) is 0 Å². The van der Waals surface area contributed by atoms with Gasteiger partial charge < -0.3 is 14.8 Å². The molecule has 3 nitrogen and oxygen atoms in total. The Hall–Kier alpha value is -0.580. The van der Waals surface area contributed by atoms with E-state index in [0.29, 0.717) is 6.61 Å². The number of likely N-dealkylation sites (N-methyl/N-ethyl adjacent to an activating group) is 1. The van der Waals surface area contributed by atoms with Crippen LogP contribution >= 0.6 is 11.3 Å². The van der Waals surface area contributed by atoms with Crippen LogP contribution in [-0.4, -0.2) is 26.9 Å². The minimum absolute atomic E-state index is 0.251. The Balaban J connectivity index is 2.57. The standard InChI is InChI=1S/C11H19NO2S/c1-8(2)14-6-10(12-3)11-5-9(13-4)7-15-11/h5,7-8,10,12H,6H2,1-4H3. The molecule has 1 N–H and O–H groups in total. The van der Waals surface area contributed by atoms with Crippen LogP contribution in [0.2, 0.25) is 0 Å². The highest BCUT2D eigenvalue weighted by Gasteiger charge is 2.12. The summed E-state index contributed by atoms with van der Waals surface area (Å²) >= 11 is 1.69. The molecule has 1 atom stereocenters. The first-order valence-corrected chi connectivity index (χ1v) is 5.96. The molecule has 0 aliphatic carbocycles. The quantitative estimate of drug-likeness (QED) is 0.812. The van der Waals surface area contributed by atoms with Gasteiger partial charge in [-0.3, -0.25) is 0 Å². The second kappa shape index (κ2) is 6.10. The van der Waals surface area contributed by atoms with Crippen LogP contribution in [0.3, 0.4) is 0 Å². The number of ether oxygens (including phenoxy) is 2. The molecule has 86 valence electrons. The van der Waals surface area contributed by atoms with Crippen LogP contribution < -0.4 is 10.1 Å². The molecule has 1 rings (SSSR count). The monoisotopic (exact) mass is 229 g/mol. The number of rotatable bonds is 6. The zero-order valence-electron chi connectivity index (χ0n) is 9.74. The Kier molecular flexibility index (Phi) is 5.08. The van der Waals surface area contributed by atoms with Crippen molar-refractivity contribution in [1.82, 2.24) is 5.32 Å². The Morgan fingerprint density at radius 3 is 2.67 bits per heavy atom. The van der Waals surface area contributed by atoms with Crippen molar-refractivity contribution in [2.45, 2.75) is 26.0 Å². The van der Waals surface area contributed by atoms with Crippen LogP contribution in [0.15, 0.2) is 11.4 Å². The largest absolute Gasteiger partial charge is 0.496 e. The summed E-state index contributed by atoms with van der Waals surface area (Å²) in [7, 11) is 3.63. The Labute approximate surface area is 95.4 Å². The molecule has 1 aromatic heterocycles. The number of hydrogen-bond acceptors (Lipinski definition) is 4. The molecule has 0 amide bonds. The van der Waals surface area contributed by atoms with E-state index in [9.17, 15) is 0 Å². The van der Waals surface area contributed by atoms with E-state index in [4.69, 9.17) is 9.47 Å². The molecule has 0 spiro atoms. The topological polar surface area (TPSA) is 30.5 Å². The van der Waals surface area contributed by atoms with Gasteiger partial charge >= 0.3 is 0 Å². The summed E-state index contributed by atoms with van der Waals surface area (Å²) < 4.78 is 10.8. The summed E-state index contributed by atoms with van der Waals surface area (Å²) in [6.07, 6.45) is 0.266. The third-order valence-corrected chi connectivity index (χ3v) is 3.14. The van der Waals surface area contributed by atoms with Gasteiger partial charge in [-0.25, -0.2) is 0 Å². The molecular weight excluding hydrogens is 210 g/mol. The average molecular weight is 229 g/mol. The molecule has 0 radical (unpaired) electrons. The smallest absolute Gasteiger partial charge is 0.129 e. The molecule has 0 bridgehead atoms. The minimum atomic E-state index is 0.251. The molecule has 1 aromatic rings. The van der Waals surface area contributed by atoms with E-state index < -0.39 is 0 Å². The lowest BCUT2D eigenvalue weighted by molar-refractivity contribution is 0.0632. The van der Waals surface area contributed by atoms with Crippen molar-refractivity contribution in [3.05, 3.63) is 16.3 Å². The van der Waals surface area contributed by atoms with Crippen LogP contribution in [0.25, 0.3) is 0 Å². The molecule has 0 aromatic carbocycles. The van der Waals surface area contributed by atoms with Crippen molar-refractivity contribution in [3.8, 4) is 5.75 Å². The highest BCUT2D eigenvalue weighted by Crippen LogP contribution is 2.26. The summed E-state index contributed by atoms with van der Waals surface area (Å²) in [6.45, 7) is 4.78. The molecule has 0 fully saturated rings. The van der Waals surface area contributed by atoms with Gasteiger partial charge in [0.25, 0.3) is 0 Å². The summed E-state index contributed by atoms with van der Waals surface area (Å²) in [6, 6.07) is 2.30. The Morgan fingerprint density at radius 1 is 1.47 bits per heavy atom. The van der Waals surface area contributed by atoms with Crippen molar-refractivity contribution < 1.29 is 9.47 Å². The van der Waals surface area contributed by atoms with E-state index in [1.807, 2.05) is 26.3 Å². The van der Waals surface area contributed by atoms with Crippen LogP contribution in [0.1, 0.15) is 24.8 Å². The van der Waals surface area contributed by atoms with Gasteiger partial charge in [-0.2, -0.15) is 0 Å². The first kappa shape index (κ1) is 12.5. The highest BCUT2D eigenvalue weighted by atomic mass is 32.1. The minimum Gasteiger partial charge on any atom is -0.496 e. The number of nitrogens with one attached hydrogen (secondary N) is 1. The van der Waals surface area contributed by atoms with E-state index in [1.165, 1.54) is 4.88 Å². The predicted octanol–water partition coefficient (Wildman–Crippen LogP) is 2.44. The van der Waals surface area contributed by atoms with E-state index >= 15 is 0 Å². The number of thiophene rings is 1. The van der Waals surface area contributed by atoms with Crippen molar-refractivity contribution in [1.29, 1.82) is 0 Å². The lowest BCUT2D eigenvalue weighted by Gasteiger charge is -2.16. The molecule has 1 unspecified atom stereocenters. The molecule has 0 saturated heterocycles. The number of methoxy groups -OCH3 is 1. The fraction of sp³-hybridized carbons (Fsp3) is 0.636. The molecule has 0 aliphatic rings. The molecule has 4 heteroatoms. The predicted molar refractivity (Wildman–Crippen MR) is 63.8 cm³/mol. The van der Waals surface area contributed by atoms with Crippen LogP contribution in [-0.2, 0) is 4.74 Å². The van der Waals surface area contributed by atoms with Gasteiger partial charge in [-0.15, -0.1) is 11.3 Å². The second-order valence-corrected chi connectivity index (χ2v) is 4.56. The lowest BCUT2D eigenvalue weighted by atomic mass is 10.2. The maximum atomic E-state index is 5.60. The first-order chi connectivity index (χ1) is 7.17. The van der Waals surface area contributed by atoms with E-state index in [-0.39, 0.29) is 12.1 Å². The lowest BCUT2D eigenvalue weighted by Crippen LogP contribution is -2.22. The van der Waals surface area contributed by atoms with Gasteiger partial charge in [-0.1, -0.05) is 0 Å². The van der Waals surface area contributed by atoms with Crippen molar-refractivity contribution >= 4 is 11.3 Å². The SMILES string of the molecule is CNC(COC(C)C)c1cc(OC)cs1. The fourth-order valence-electron chi connectivity index (χ4n) is 1.22. The van der Waals surface area contributed by atoms with Crippen LogP contribution in [0.4, 0.5) is 0 Å². The first-order valence-electron chi connectivity index (χ1n) is 5.08. The van der Waals surface area contributed by atoms with Gasteiger partial charge in [0.2, 0.25) is 0 Å². The average Bonchev–Trinajstić information content (AvgIpc) is 2.67. The molecule has 0 saturated carbocycles. The van der Waals surface area contributed by atoms with E-state index in [2.05, 4.69) is 11.4 Å². The summed E-state index contributed by atoms with van der Waals surface area (Å²) in [5, 5.41) is 5.25. The number of hydrogen-bond donors (Lipinski definition) is 1. The molecular formula is C11H19NO2S. The third kappa shape index (κ3) is 3.81. The summed E-state index contributed by atoms with van der Waals surface area (Å²) in [4.78, 5) is 1.25. The van der Waals surface area contributed by atoms with Gasteiger partial charge in [-0.05, 0) is 27.0 Å². The normalized spacial score (nSPS) is 13.1. The van der Waals surface area contributed by atoms with Gasteiger partial charge in [0.1, 0.15) is 5.75 Å². The molecule has 0 aliphatic heterocycles. The summed E-state index contributed by atoms with van der Waals surface area (Å²) in [5.74, 6) is 0.916. The van der Waals surface area contributed by atoms with Crippen molar-refractivity contribution in [2.24, 2.45) is 0 Å². The van der Waals surface area contributed by atoms with E-state index in [0.717, 1.165) is 5.75 Å². The Morgan fingerprint density at radius 2 is 2.20 bits per heavy atom. The van der Waals surface area contributed by atoms with Gasteiger partial charge in [0.05, 0.1) is 25.9 Å². The molecule has 15 heavy (non-hydrogen) atoms. The maximum absolute atomic E-state index is 5.60. The van der Waals surface area contributed by atoms with Gasteiger partial charge in [0.15, 0.2) is 0 Å². The highest BCUT2D eigenvalue weighted by molar-refractivity contribution is 7.10. The van der Waals surface area contributed by atoms with Gasteiger partial charge in [0, 0.05) is 10.3 Å². The van der Waals surface area contributed by atoms with Crippen LogP contribution in [0.5, 0.6) is 5.75 Å². The molecule has 1 heterocycles. The Bertz CT molecular complexity index is 286. The van der Waals surface area contributed by atoms with Crippen molar-refractivity contribution in [2.75, 3.05) is 20.8 Å². The third-order valence-electron chi connectivity index (χ3n) is 2.12. The van der Waals surface area contributed by atoms with Crippen molar-refractivity contribution in [3.63, 3.8) is 0 Å². The van der Waals surface area contributed by atoms with E-state index in [1.54, 1.807) is 18.4 Å². The zero-order valence-corrected chi connectivity index (χ0v) is 10.6. The second-order valence-electron chi connectivity index (χ2n) is 3.61. The zero-order chi connectivity index (χ0) is 11.3. The summed E-state index contributed by atoms with van der Waals surface area (Å²) in [5.41, 5.74) is 0.